The highest BCUT2D eigenvalue weighted by molar-refractivity contribution is 5.83. The number of H-pyrrole nitrogens is 1. The van der Waals surface area contributed by atoms with Gasteiger partial charge in [-0.1, -0.05) is 13.8 Å². The number of amides is 1. The SMILES string of the molecule is CC(=O)N[C@H](C(=O)OC[C@H]1O[C@@H](c2cn(C)c3c(=O)[nH]c(N)nc23)C2OC(C)(C)O[C@@H]21)C(C)C. The number of fused-ring (bicyclic) bond motifs is 2. The van der Waals surface area contributed by atoms with Crippen LogP contribution in [-0.2, 0) is 35.6 Å². The Labute approximate surface area is 196 Å². The number of carbonyl (C=O) groups is 2. The number of carbonyl (C=O) groups excluding carboxylic acids is 2. The van der Waals surface area contributed by atoms with E-state index in [9.17, 15) is 14.4 Å². The van der Waals surface area contributed by atoms with Crippen LogP contribution in [0.25, 0.3) is 11.0 Å². The van der Waals surface area contributed by atoms with Gasteiger partial charge in [-0.3, -0.25) is 14.6 Å². The maximum Gasteiger partial charge on any atom is 0.328 e. The Morgan fingerprint density at radius 3 is 2.65 bits per heavy atom. The molecule has 2 fully saturated rings. The van der Waals surface area contributed by atoms with E-state index < -0.39 is 42.2 Å². The number of aryl methyl sites for hydroxylation is 1. The summed E-state index contributed by atoms with van der Waals surface area (Å²) in [5.74, 6) is -1.92. The second kappa shape index (κ2) is 8.67. The Morgan fingerprint density at radius 1 is 1.32 bits per heavy atom. The van der Waals surface area contributed by atoms with Crippen molar-refractivity contribution in [1.82, 2.24) is 19.9 Å². The number of aromatic amines is 1. The molecule has 186 valence electrons. The zero-order valence-electron chi connectivity index (χ0n) is 20.1. The second-order valence-corrected chi connectivity index (χ2v) is 9.56. The zero-order valence-corrected chi connectivity index (χ0v) is 20.1. The van der Waals surface area contributed by atoms with E-state index in [4.69, 9.17) is 24.7 Å². The summed E-state index contributed by atoms with van der Waals surface area (Å²) in [6.45, 7) is 8.47. The molecule has 0 aromatic carbocycles. The number of esters is 1. The van der Waals surface area contributed by atoms with Gasteiger partial charge >= 0.3 is 5.97 Å². The minimum Gasteiger partial charge on any atom is -0.461 e. The molecule has 0 aliphatic carbocycles. The maximum absolute atomic E-state index is 12.7. The highest BCUT2D eigenvalue weighted by Crippen LogP contribution is 2.46. The molecule has 0 radical (unpaired) electrons. The van der Waals surface area contributed by atoms with E-state index in [0.717, 1.165) is 0 Å². The molecule has 2 aromatic heterocycles. The van der Waals surface area contributed by atoms with E-state index >= 15 is 0 Å². The first-order chi connectivity index (χ1) is 15.9. The van der Waals surface area contributed by atoms with Crippen molar-refractivity contribution >= 4 is 28.9 Å². The first kappa shape index (κ1) is 24.2. The number of anilines is 1. The Bertz CT molecular complexity index is 1170. The number of nitrogens with zero attached hydrogens (tertiary/aromatic N) is 2. The van der Waals surface area contributed by atoms with Gasteiger partial charge in [0.15, 0.2) is 5.79 Å². The van der Waals surface area contributed by atoms with E-state index in [2.05, 4.69) is 15.3 Å². The van der Waals surface area contributed by atoms with Crippen LogP contribution in [0.2, 0.25) is 0 Å². The first-order valence-electron chi connectivity index (χ1n) is 11.2. The summed E-state index contributed by atoms with van der Waals surface area (Å²) in [7, 11) is 1.73. The van der Waals surface area contributed by atoms with Crippen LogP contribution >= 0.6 is 0 Å². The highest BCUT2D eigenvalue weighted by Gasteiger charge is 2.56. The van der Waals surface area contributed by atoms with Gasteiger partial charge in [0, 0.05) is 25.7 Å². The Kier molecular flexibility index (Phi) is 6.17. The fraction of sp³-hybridized carbons (Fsp3) is 0.636. The van der Waals surface area contributed by atoms with Gasteiger partial charge < -0.3 is 34.6 Å². The summed E-state index contributed by atoms with van der Waals surface area (Å²) in [6, 6.07) is -0.778. The largest absolute Gasteiger partial charge is 0.461 e. The molecule has 2 aromatic rings. The predicted octanol–water partition coefficient (Wildman–Crippen LogP) is 0.508. The molecule has 12 nitrogen and oxygen atoms in total. The van der Waals surface area contributed by atoms with Crippen molar-refractivity contribution in [2.75, 3.05) is 12.3 Å². The third-order valence-corrected chi connectivity index (χ3v) is 6.00. The molecule has 1 unspecified atom stereocenters. The van der Waals surface area contributed by atoms with Crippen LogP contribution in [0.3, 0.4) is 0 Å². The summed E-state index contributed by atoms with van der Waals surface area (Å²) >= 11 is 0. The molecule has 12 heteroatoms. The van der Waals surface area contributed by atoms with Crippen molar-refractivity contribution in [3.8, 4) is 0 Å². The average molecular weight is 478 g/mol. The van der Waals surface area contributed by atoms with Gasteiger partial charge in [0.05, 0.1) is 0 Å². The number of ether oxygens (including phenoxy) is 4. The lowest BCUT2D eigenvalue weighted by Crippen LogP contribution is -2.45. The summed E-state index contributed by atoms with van der Waals surface area (Å²) in [5, 5.41) is 2.62. The third kappa shape index (κ3) is 4.40. The fourth-order valence-electron chi connectivity index (χ4n) is 4.59. The van der Waals surface area contributed by atoms with Crippen molar-refractivity contribution in [3.63, 3.8) is 0 Å². The van der Waals surface area contributed by atoms with Crippen LogP contribution in [0, 0.1) is 5.92 Å². The Morgan fingerprint density at radius 2 is 2.00 bits per heavy atom. The summed E-state index contributed by atoms with van der Waals surface area (Å²) in [5.41, 5.74) is 6.81. The van der Waals surface area contributed by atoms with Gasteiger partial charge in [-0.15, -0.1) is 0 Å². The van der Waals surface area contributed by atoms with Crippen LogP contribution in [0.1, 0.15) is 46.3 Å². The van der Waals surface area contributed by atoms with Gasteiger partial charge in [-0.05, 0) is 19.8 Å². The molecule has 4 rings (SSSR count). The summed E-state index contributed by atoms with van der Waals surface area (Å²) in [4.78, 5) is 43.4. The van der Waals surface area contributed by atoms with Crippen LogP contribution in [0.5, 0.6) is 0 Å². The lowest BCUT2D eigenvalue weighted by molar-refractivity contribution is -0.194. The number of hydrogen-bond acceptors (Lipinski definition) is 9. The van der Waals surface area contributed by atoms with E-state index in [0.29, 0.717) is 16.6 Å². The molecule has 34 heavy (non-hydrogen) atoms. The Balaban J connectivity index is 1.60. The van der Waals surface area contributed by atoms with Crippen molar-refractivity contribution in [2.24, 2.45) is 13.0 Å². The minimum atomic E-state index is -0.884. The fourth-order valence-corrected chi connectivity index (χ4v) is 4.59. The average Bonchev–Trinajstić information content (AvgIpc) is 3.32. The van der Waals surface area contributed by atoms with Crippen LogP contribution in [-0.4, -0.2) is 63.2 Å². The van der Waals surface area contributed by atoms with E-state index in [1.807, 2.05) is 13.8 Å². The lowest BCUT2D eigenvalue weighted by Gasteiger charge is -2.25. The number of aromatic nitrogens is 3. The van der Waals surface area contributed by atoms with Crippen LogP contribution in [0.15, 0.2) is 11.0 Å². The van der Waals surface area contributed by atoms with Crippen molar-refractivity contribution in [1.29, 1.82) is 0 Å². The first-order valence-corrected chi connectivity index (χ1v) is 11.2. The number of nitrogens with one attached hydrogen (secondary N) is 2. The summed E-state index contributed by atoms with van der Waals surface area (Å²) in [6.07, 6.45) is -0.573. The molecule has 2 aliphatic rings. The summed E-state index contributed by atoms with van der Waals surface area (Å²) < 4.78 is 25.7. The number of nitrogens with two attached hydrogens (primary N) is 1. The van der Waals surface area contributed by atoms with Crippen LogP contribution in [0.4, 0.5) is 5.95 Å². The van der Waals surface area contributed by atoms with E-state index in [-0.39, 0.29) is 29.9 Å². The number of hydrogen-bond donors (Lipinski definition) is 3. The normalized spacial score (nSPS) is 26.6. The molecule has 0 bridgehead atoms. The van der Waals surface area contributed by atoms with Crippen molar-refractivity contribution in [3.05, 3.63) is 22.1 Å². The highest BCUT2D eigenvalue weighted by atomic mass is 16.8. The molecular weight excluding hydrogens is 446 g/mol. The molecule has 0 spiro atoms. The molecule has 2 aliphatic heterocycles. The second-order valence-electron chi connectivity index (χ2n) is 9.56. The molecule has 5 atom stereocenters. The third-order valence-electron chi connectivity index (χ3n) is 6.00. The van der Waals surface area contributed by atoms with Gasteiger partial charge in [0.2, 0.25) is 11.9 Å². The van der Waals surface area contributed by atoms with Crippen molar-refractivity contribution < 1.29 is 28.5 Å². The van der Waals surface area contributed by atoms with E-state index in [1.165, 1.54) is 6.92 Å². The molecule has 4 N–H and O–H groups in total. The van der Waals surface area contributed by atoms with Gasteiger partial charge in [-0.25, -0.2) is 9.78 Å². The quantitative estimate of drug-likeness (QED) is 0.504. The van der Waals surface area contributed by atoms with Crippen LogP contribution < -0.4 is 16.6 Å². The Hall–Kier alpha value is -2.96. The smallest absolute Gasteiger partial charge is 0.328 e. The molecule has 2 saturated heterocycles. The monoisotopic (exact) mass is 477 g/mol. The van der Waals surface area contributed by atoms with Crippen molar-refractivity contribution in [2.45, 2.75) is 70.9 Å². The van der Waals surface area contributed by atoms with Gasteiger partial charge in [0.25, 0.3) is 5.56 Å². The molecule has 0 saturated carbocycles. The number of rotatable bonds is 6. The topological polar surface area (TPSA) is 160 Å². The molecule has 1 amide bonds. The minimum absolute atomic E-state index is 0.00778. The van der Waals surface area contributed by atoms with Gasteiger partial charge in [-0.2, -0.15) is 0 Å². The maximum atomic E-state index is 12.7. The molecular formula is C22H31N5O7. The molecule has 4 heterocycles. The standard InChI is InChI=1S/C22H31N5O7/c1-9(2)13(24-10(3)28)20(30)31-8-12-17-18(34-22(4,5)33-17)16(32-12)11-7-27(6)15-14(11)25-21(23)26-19(15)29/h7,9,12-13,16-18H,8H2,1-6H3,(H,24,28)(H3,23,25,26,29)/t12-,13+,16+,17-,18?/m1/s1. The van der Waals surface area contributed by atoms with Gasteiger partial charge in [0.1, 0.15) is 48.1 Å². The van der Waals surface area contributed by atoms with E-state index in [1.54, 1.807) is 31.7 Å². The number of nitrogen functional groups attached to an aromatic ring is 1. The predicted molar refractivity (Wildman–Crippen MR) is 121 cm³/mol. The lowest BCUT2D eigenvalue weighted by atomic mass is 10.0. The zero-order chi connectivity index (χ0) is 24.9.